The molecule has 2 aromatic carbocycles. The minimum atomic E-state index is -0.0962. The van der Waals surface area contributed by atoms with E-state index in [-0.39, 0.29) is 6.23 Å². The molecule has 1 fully saturated rings. The van der Waals surface area contributed by atoms with Gasteiger partial charge < -0.3 is 23.7 Å². The maximum Gasteiger partial charge on any atom is 0.158 e. The van der Waals surface area contributed by atoms with E-state index in [1.165, 1.54) is 0 Å². The van der Waals surface area contributed by atoms with E-state index >= 15 is 0 Å². The molecule has 1 aromatic heterocycles. The highest BCUT2D eigenvalue weighted by atomic mass is 16.5. The number of anilines is 1. The molecule has 5 nitrogen and oxygen atoms in total. The van der Waals surface area contributed by atoms with Crippen molar-refractivity contribution in [2.75, 3.05) is 31.8 Å². The minimum Gasteiger partial charge on any atom is -0.497 e. The summed E-state index contributed by atoms with van der Waals surface area (Å²) in [5.74, 6) is 1.74. The quantitative estimate of drug-likeness (QED) is 0.649. The van der Waals surface area contributed by atoms with Crippen molar-refractivity contribution in [3.8, 4) is 17.2 Å². The Balaban J connectivity index is 1.56. The van der Waals surface area contributed by atoms with Crippen molar-refractivity contribution in [2.45, 2.75) is 13.2 Å². The SMILES string of the molecule is CCOc1ccc(-n2ccc([C@@H]3OCCN3c3cccc(OC)c3)c2)cc1. The summed E-state index contributed by atoms with van der Waals surface area (Å²) in [6.07, 6.45) is 4.09. The Kier molecular flexibility index (Phi) is 5.03. The van der Waals surface area contributed by atoms with Gasteiger partial charge >= 0.3 is 0 Å². The fourth-order valence-corrected chi connectivity index (χ4v) is 3.40. The average Bonchev–Trinajstić information content (AvgIpc) is 3.38. The fourth-order valence-electron chi connectivity index (χ4n) is 3.40. The summed E-state index contributed by atoms with van der Waals surface area (Å²) in [7, 11) is 1.69. The molecule has 2 heterocycles. The van der Waals surface area contributed by atoms with Crippen molar-refractivity contribution >= 4 is 5.69 Å². The molecular formula is C22H24N2O3. The third-order valence-electron chi connectivity index (χ3n) is 4.72. The molecule has 0 spiro atoms. The Morgan fingerprint density at radius 1 is 1.04 bits per heavy atom. The molecule has 0 saturated carbocycles. The Hall–Kier alpha value is -2.92. The predicted molar refractivity (Wildman–Crippen MR) is 106 cm³/mol. The molecule has 0 unspecified atom stereocenters. The molecule has 5 heteroatoms. The molecule has 1 aliphatic heterocycles. The highest BCUT2D eigenvalue weighted by Gasteiger charge is 2.28. The molecule has 0 N–H and O–H groups in total. The van der Waals surface area contributed by atoms with Crippen molar-refractivity contribution in [1.29, 1.82) is 0 Å². The van der Waals surface area contributed by atoms with E-state index in [1.807, 2.05) is 37.3 Å². The molecule has 0 aliphatic carbocycles. The standard InChI is InChI=1S/C22H24N2O3/c1-3-26-20-9-7-18(8-10-20)23-12-11-17(16-23)22-24(13-14-27-22)19-5-4-6-21(15-19)25-2/h4-12,15-16,22H,3,13-14H2,1-2H3/t22-/m0/s1. The molecular weight excluding hydrogens is 340 g/mol. The van der Waals surface area contributed by atoms with Crippen LogP contribution in [0.3, 0.4) is 0 Å². The zero-order valence-electron chi connectivity index (χ0n) is 15.7. The summed E-state index contributed by atoms with van der Waals surface area (Å²) in [6, 6.07) is 18.3. The van der Waals surface area contributed by atoms with E-state index in [4.69, 9.17) is 14.2 Å². The first-order chi connectivity index (χ1) is 13.3. The van der Waals surface area contributed by atoms with Gasteiger partial charge in [0, 0.05) is 41.9 Å². The van der Waals surface area contributed by atoms with E-state index in [0.717, 1.165) is 35.0 Å². The van der Waals surface area contributed by atoms with Gasteiger partial charge in [0.1, 0.15) is 11.5 Å². The van der Waals surface area contributed by atoms with Crippen LogP contribution in [0.4, 0.5) is 5.69 Å². The van der Waals surface area contributed by atoms with Crippen LogP contribution in [-0.4, -0.2) is 31.4 Å². The number of hydrogen-bond acceptors (Lipinski definition) is 4. The lowest BCUT2D eigenvalue weighted by atomic mass is 10.2. The average molecular weight is 364 g/mol. The summed E-state index contributed by atoms with van der Waals surface area (Å²) < 4.78 is 19.0. The molecule has 0 amide bonds. The molecule has 3 aromatic rings. The maximum atomic E-state index is 6.03. The van der Waals surface area contributed by atoms with Crippen molar-refractivity contribution in [1.82, 2.24) is 4.57 Å². The smallest absolute Gasteiger partial charge is 0.158 e. The van der Waals surface area contributed by atoms with Crippen LogP contribution in [0.15, 0.2) is 67.0 Å². The van der Waals surface area contributed by atoms with Gasteiger partial charge in [0.2, 0.25) is 0 Å². The summed E-state index contributed by atoms with van der Waals surface area (Å²) in [5.41, 5.74) is 3.32. The van der Waals surface area contributed by atoms with E-state index in [0.29, 0.717) is 13.2 Å². The van der Waals surface area contributed by atoms with Crippen LogP contribution in [0, 0.1) is 0 Å². The number of nitrogens with zero attached hydrogens (tertiary/aromatic N) is 2. The van der Waals surface area contributed by atoms with Gasteiger partial charge in [-0.25, -0.2) is 0 Å². The predicted octanol–water partition coefficient (Wildman–Crippen LogP) is 4.42. The van der Waals surface area contributed by atoms with Crippen molar-refractivity contribution in [3.63, 3.8) is 0 Å². The highest BCUT2D eigenvalue weighted by molar-refractivity contribution is 5.53. The summed E-state index contributed by atoms with van der Waals surface area (Å²) in [5, 5.41) is 0. The van der Waals surface area contributed by atoms with E-state index in [9.17, 15) is 0 Å². The van der Waals surface area contributed by atoms with Crippen LogP contribution in [0.1, 0.15) is 18.7 Å². The number of aromatic nitrogens is 1. The highest BCUT2D eigenvalue weighted by Crippen LogP contribution is 2.34. The van der Waals surface area contributed by atoms with Gasteiger partial charge in [-0.3, -0.25) is 0 Å². The zero-order valence-corrected chi connectivity index (χ0v) is 15.7. The van der Waals surface area contributed by atoms with Gasteiger partial charge in [-0.2, -0.15) is 0 Å². The largest absolute Gasteiger partial charge is 0.497 e. The first-order valence-electron chi connectivity index (χ1n) is 9.22. The van der Waals surface area contributed by atoms with E-state index < -0.39 is 0 Å². The second-order valence-electron chi connectivity index (χ2n) is 6.40. The van der Waals surface area contributed by atoms with E-state index in [1.54, 1.807) is 7.11 Å². The van der Waals surface area contributed by atoms with Crippen LogP contribution in [0.5, 0.6) is 11.5 Å². The first kappa shape index (κ1) is 17.5. The van der Waals surface area contributed by atoms with Crippen LogP contribution in [0.2, 0.25) is 0 Å². The lowest BCUT2D eigenvalue weighted by molar-refractivity contribution is 0.114. The van der Waals surface area contributed by atoms with E-state index in [2.05, 4.69) is 46.1 Å². The second kappa shape index (κ2) is 7.76. The Morgan fingerprint density at radius 2 is 1.89 bits per heavy atom. The van der Waals surface area contributed by atoms with Crippen molar-refractivity contribution < 1.29 is 14.2 Å². The molecule has 4 rings (SSSR count). The van der Waals surface area contributed by atoms with Crippen LogP contribution in [-0.2, 0) is 4.74 Å². The Morgan fingerprint density at radius 3 is 2.67 bits per heavy atom. The third kappa shape index (κ3) is 3.64. The van der Waals surface area contributed by atoms with Crippen LogP contribution < -0.4 is 14.4 Å². The third-order valence-corrected chi connectivity index (χ3v) is 4.72. The lowest BCUT2D eigenvalue weighted by Gasteiger charge is -2.25. The monoisotopic (exact) mass is 364 g/mol. The normalized spacial score (nSPS) is 16.5. The van der Waals surface area contributed by atoms with Crippen LogP contribution >= 0.6 is 0 Å². The summed E-state index contributed by atoms with van der Waals surface area (Å²) >= 11 is 0. The summed E-state index contributed by atoms with van der Waals surface area (Å²) in [6.45, 7) is 4.22. The number of methoxy groups -OCH3 is 1. The van der Waals surface area contributed by atoms with Gasteiger partial charge in [-0.05, 0) is 49.4 Å². The van der Waals surface area contributed by atoms with Gasteiger partial charge in [0.05, 0.1) is 20.3 Å². The molecule has 27 heavy (non-hydrogen) atoms. The van der Waals surface area contributed by atoms with Crippen molar-refractivity contribution in [2.24, 2.45) is 0 Å². The van der Waals surface area contributed by atoms with Gasteiger partial charge in [-0.15, -0.1) is 0 Å². The molecule has 140 valence electrons. The number of ether oxygens (including phenoxy) is 3. The zero-order chi connectivity index (χ0) is 18.6. The number of hydrogen-bond donors (Lipinski definition) is 0. The maximum absolute atomic E-state index is 6.03. The number of benzene rings is 2. The summed E-state index contributed by atoms with van der Waals surface area (Å²) in [4.78, 5) is 2.26. The van der Waals surface area contributed by atoms with Crippen molar-refractivity contribution in [3.05, 3.63) is 72.6 Å². The van der Waals surface area contributed by atoms with Gasteiger partial charge in [0.15, 0.2) is 6.23 Å². The topological polar surface area (TPSA) is 35.9 Å². The first-order valence-corrected chi connectivity index (χ1v) is 9.22. The fraction of sp³-hybridized carbons (Fsp3) is 0.273. The molecule has 1 atom stereocenters. The molecule has 1 saturated heterocycles. The van der Waals surface area contributed by atoms with Gasteiger partial charge in [0.25, 0.3) is 0 Å². The van der Waals surface area contributed by atoms with Crippen LogP contribution in [0.25, 0.3) is 5.69 Å². The molecule has 1 aliphatic rings. The van der Waals surface area contributed by atoms with Gasteiger partial charge in [-0.1, -0.05) is 6.07 Å². The Labute approximate surface area is 159 Å². The number of rotatable bonds is 6. The molecule has 0 bridgehead atoms. The molecule has 0 radical (unpaired) electrons. The minimum absolute atomic E-state index is 0.0962. The second-order valence-corrected chi connectivity index (χ2v) is 6.40. The Bertz CT molecular complexity index is 889. The lowest BCUT2D eigenvalue weighted by Crippen LogP contribution is -2.22.